The molecule has 0 unspecified atom stereocenters. The van der Waals surface area contributed by atoms with Gasteiger partial charge in [0.05, 0.1) is 17.0 Å². The zero-order valence-electron chi connectivity index (χ0n) is 12.7. The van der Waals surface area contributed by atoms with E-state index in [0.29, 0.717) is 5.69 Å². The van der Waals surface area contributed by atoms with E-state index in [1.807, 2.05) is 6.07 Å². The SMILES string of the molecule is O=C(NC1=NN(c2ccccc2)C(=O)C1)c1ccc(Cl)c([N+](=O)[O-])c1. The first-order valence-corrected chi connectivity index (χ1v) is 7.54. The van der Waals surface area contributed by atoms with Gasteiger partial charge in [0, 0.05) is 11.6 Å². The van der Waals surface area contributed by atoms with Crippen molar-refractivity contribution in [3.05, 3.63) is 69.2 Å². The first-order valence-electron chi connectivity index (χ1n) is 7.16. The molecule has 3 rings (SSSR count). The average molecular weight is 359 g/mol. The highest BCUT2D eigenvalue weighted by Gasteiger charge is 2.27. The zero-order chi connectivity index (χ0) is 18.0. The third-order valence-corrected chi connectivity index (χ3v) is 3.76. The fourth-order valence-corrected chi connectivity index (χ4v) is 2.45. The van der Waals surface area contributed by atoms with E-state index in [4.69, 9.17) is 11.6 Å². The Morgan fingerprint density at radius 3 is 2.64 bits per heavy atom. The zero-order valence-corrected chi connectivity index (χ0v) is 13.4. The number of anilines is 1. The van der Waals surface area contributed by atoms with Gasteiger partial charge in [-0.05, 0) is 24.3 Å². The lowest BCUT2D eigenvalue weighted by atomic mass is 10.2. The van der Waals surface area contributed by atoms with Crippen LogP contribution in [-0.4, -0.2) is 22.6 Å². The first-order chi connectivity index (χ1) is 12.0. The van der Waals surface area contributed by atoms with E-state index in [1.165, 1.54) is 17.1 Å². The second kappa shape index (κ2) is 6.70. The number of carbonyl (C=O) groups excluding carboxylic acids is 2. The maximum absolute atomic E-state index is 12.2. The van der Waals surface area contributed by atoms with Gasteiger partial charge in [-0.15, -0.1) is 0 Å². The van der Waals surface area contributed by atoms with Crippen LogP contribution in [0.3, 0.4) is 0 Å². The molecule has 0 fully saturated rings. The van der Waals surface area contributed by atoms with Crippen LogP contribution in [-0.2, 0) is 4.79 Å². The third-order valence-electron chi connectivity index (χ3n) is 3.44. The Labute approximate surface area is 146 Å². The van der Waals surface area contributed by atoms with Gasteiger partial charge in [0.15, 0.2) is 0 Å². The molecule has 1 aliphatic heterocycles. The number of amides is 2. The third kappa shape index (κ3) is 3.48. The quantitative estimate of drug-likeness (QED) is 0.672. The summed E-state index contributed by atoms with van der Waals surface area (Å²) in [5.74, 6) is -0.735. The Morgan fingerprint density at radius 2 is 1.96 bits per heavy atom. The van der Waals surface area contributed by atoms with Crippen molar-refractivity contribution in [2.45, 2.75) is 6.42 Å². The lowest BCUT2D eigenvalue weighted by Crippen LogP contribution is -2.29. The highest BCUT2D eigenvalue weighted by atomic mass is 35.5. The molecular weight excluding hydrogens is 348 g/mol. The van der Waals surface area contributed by atoms with Crippen molar-refractivity contribution in [3.63, 3.8) is 0 Å². The van der Waals surface area contributed by atoms with Gasteiger partial charge in [-0.2, -0.15) is 10.1 Å². The molecule has 126 valence electrons. The monoisotopic (exact) mass is 358 g/mol. The van der Waals surface area contributed by atoms with Crippen LogP contribution in [0, 0.1) is 10.1 Å². The molecule has 0 spiro atoms. The standard InChI is InChI=1S/C16H11ClN4O4/c17-12-7-6-10(8-13(12)21(24)25)16(23)18-14-9-15(22)20(19-14)11-4-2-1-3-5-11/h1-8H,9H2,(H,18,19,23). The molecule has 0 saturated heterocycles. The van der Waals surface area contributed by atoms with Crippen molar-refractivity contribution in [1.82, 2.24) is 5.32 Å². The van der Waals surface area contributed by atoms with Gasteiger partial charge in [-0.1, -0.05) is 29.8 Å². The molecule has 1 aliphatic rings. The molecular formula is C16H11ClN4O4. The maximum atomic E-state index is 12.2. The molecule has 2 aromatic rings. The van der Waals surface area contributed by atoms with E-state index in [9.17, 15) is 19.7 Å². The molecule has 0 atom stereocenters. The number of carbonyl (C=O) groups is 2. The van der Waals surface area contributed by atoms with E-state index in [-0.39, 0.29) is 34.4 Å². The van der Waals surface area contributed by atoms with Gasteiger partial charge in [0.25, 0.3) is 17.5 Å². The van der Waals surface area contributed by atoms with Crippen LogP contribution >= 0.6 is 11.6 Å². The number of nitrogens with one attached hydrogen (secondary N) is 1. The van der Waals surface area contributed by atoms with Crippen molar-refractivity contribution >= 4 is 40.6 Å². The molecule has 1 heterocycles. The number of para-hydroxylation sites is 1. The van der Waals surface area contributed by atoms with Crippen LogP contribution < -0.4 is 10.3 Å². The van der Waals surface area contributed by atoms with Crippen molar-refractivity contribution in [2.24, 2.45) is 5.10 Å². The minimum atomic E-state index is -0.674. The summed E-state index contributed by atoms with van der Waals surface area (Å²) < 4.78 is 0. The molecule has 25 heavy (non-hydrogen) atoms. The van der Waals surface area contributed by atoms with E-state index >= 15 is 0 Å². The highest BCUT2D eigenvalue weighted by Crippen LogP contribution is 2.25. The minimum absolute atomic E-state index is 0.0458. The molecule has 8 nitrogen and oxygen atoms in total. The molecule has 9 heteroatoms. The largest absolute Gasteiger partial charge is 0.308 e. The van der Waals surface area contributed by atoms with Crippen molar-refractivity contribution in [1.29, 1.82) is 0 Å². The molecule has 0 saturated carbocycles. The Bertz CT molecular complexity index is 898. The summed E-state index contributed by atoms with van der Waals surface area (Å²) in [6.07, 6.45) is -0.0731. The van der Waals surface area contributed by atoms with Crippen LogP contribution in [0.15, 0.2) is 53.6 Å². The number of benzene rings is 2. The van der Waals surface area contributed by atoms with Crippen LogP contribution in [0.2, 0.25) is 5.02 Å². The first kappa shape index (κ1) is 16.6. The number of hydrogen-bond donors (Lipinski definition) is 1. The molecule has 0 radical (unpaired) electrons. The van der Waals surface area contributed by atoms with Gasteiger partial charge >= 0.3 is 0 Å². The van der Waals surface area contributed by atoms with Crippen molar-refractivity contribution < 1.29 is 14.5 Å². The van der Waals surface area contributed by atoms with Gasteiger partial charge in [-0.3, -0.25) is 19.7 Å². The van der Waals surface area contributed by atoms with E-state index < -0.39 is 10.8 Å². The Morgan fingerprint density at radius 1 is 1.24 bits per heavy atom. The van der Waals surface area contributed by atoms with E-state index in [1.54, 1.807) is 24.3 Å². The Hall–Kier alpha value is -3.26. The number of halogens is 1. The van der Waals surface area contributed by atoms with Gasteiger partial charge in [0.2, 0.25) is 0 Å². The number of hydrazone groups is 1. The maximum Gasteiger partial charge on any atom is 0.288 e. The van der Waals surface area contributed by atoms with E-state index in [2.05, 4.69) is 10.4 Å². The normalized spacial score (nSPS) is 13.6. The van der Waals surface area contributed by atoms with Gasteiger partial charge < -0.3 is 5.32 Å². The predicted octanol–water partition coefficient (Wildman–Crippen LogP) is 2.73. The highest BCUT2D eigenvalue weighted by molar-refractivity contribution is 6.32. The number of nitrogens with zero attached hydrogens (tertiary/aromatic N) is 3. The fourth-order valence-electron chi connectivity index (χ4n) is 2.27. The molecule has 0 aliphatic carbocycles. The summed E-state index contributed by atoms with van der Waals surface area (Å²) in [4.78, 5) is 34.5. The second-order valence-electron chi connectivity index (χ2n) is 5.14. The second-order valence-corrected chi connectivity index (χ2v) is 5.55. The lowest BCUT2D eigenvalue weighted by molar-refractivity contribution is -0.384. The van der Waals surface area contributed by atoms with Crippen LogP contribution in [0.4, 0.5) is 11.4 Å². The molecule has 2 aromatic carbocycles. The molecule has 0 bridgehead atoms. The average Bonchev–Trinajstić information content (AvgIpc) is 2.96. The van der Waals surface area contributed by atoms with Crippen molar-refractivity contribution in [3.8, 4) is 0 Å². The van der Waals surface area contributed by atoms with Crippen LogP contribution in [0.5, 0.6) is 0 Å². The smallest absolute Gasteiger partial charge is 0.288 e. The van der Waals surface area contributed by atoms with Crippen molar-refractivity contribution in [2.75, 3.05) is 5.01 Å². The predicted molar refractivity (Wildman–Crippen MR) is 91.6 cm³/mol. The number of hydrogen-bond acceptors (Lipinski definition) is 5. The van der Waals surface area contributed by atoms with Gasteiger partial charge in [0.1, 0.15) is 10.9 Å². The number of nitro benzene ring substituents is 1. The summed E-state index contributed by atoms with van der Waals surface area (Å²) in [5, 5.41) is 18.6. The topological polar surface area (TPSA) is 105 Å². The molecule has 1 N–H and O–H groups in total. The fraction of sp³-hybridized carbons (Fsp3) is 0.0625. The molecule has 0 aromatic heterocycles. The van der Waals surface area contributed by atoms with E-state index in [0.717, 1.165) is 6.07 Å². The Balaban J connectivity index is 1.79. The summed E-state index contributed by atoms with van der Waals surface area (Å²) in [5.41, 5.74) is 0.257. The molecule has 2 amide bonds. The van der Waals surface area contributed by atoms with Crippen LogP contribution in [0.1, 0.15) is 16.8 Å². The lowest BCUT2D eigenvalue weighted by Gasteiger charge is -2.10. The summed E-state index contributed by atoms with van der Waals surface area (Å²) >= 11 is 5.72. The number of rotatable bonds is 3. The summed E-state index contributed by atoms with van der Waals surface area (Å²) in [6, 6.07) is 12.5. The minimum Gasteiger partial charge on any atom is -0.308 e. The number of amidine groups is 1. The summed E-state index contributed by atoms with van der Waals surface area (Å²) in [6.45, 7) is 0. The van der Waals surface area contributed by atoms with Crippen LogP contribution in [0.25, 0.3) is 0 Å². The Kier molecular flexibility index (Phi) is 4.44. The van der Waals surface area contributed by atoms with Gasteiger partial charge in [-0.25, -0.2) is 0 Å². The number of nitro groups is 1. The summed E-state index contributed by atoms with van der Waals surface area (Å²) in [7, 11) is 0.